The van der Waals surface area contributed by atoms with Crippen LogP contribution >= 0.6 is 0 Å². The third-order valence-corrected chi connectivity index (χ3v) is 2.62. The molecule has 1 aliphatic rings. The second kappa shape index (κ2) is 5.33. The van der Waals surface area contributed by atoms with E-state index in [0.29, 0.717) is 24.7 Å². The van der Waals surface area contributed by atoms with E-state index in [1.807, 2.05) is 0 Å². The molecule has 2 rings (SSSR count). The van der Waals surface area contributed by atoms with Crippen LogP contribution in [0.2, 0.25) is 0 Å². The predicted octanol–water partition coefficient (Wildman–Crippen LogP) is 1.24. The first kappa shape index (κ1) is 12.1. The molecule has 0 aromatic heterocycles. The first-order valence-electron chi connectivity index (χ1n) is 5.64. The van der Waals surface area contributed by atoms with E-state index in [4.69, 9.17) is 9.47 Å². The monoisotopic (exact) mass is 241 g/mol. The van der Waals surface area contributed by atoms with Crippen molar-refractivity contribution < 1.29 is 19.0 Å². The van der Waals surface area contributed by atoms with Crippen LogP contribution in [-0.4, -0.2) is 31.9 Å². The molecule has 0 radical (unpaired) electrons. The lowest BCUT2D eigenvalue weighted by Gasteiger charge is -2.14. The van der Waals surface area contributed by atoms with E-state index in [2.05, 4.69) is 5.32 Å². The van der Waals surface area contributed by atoms with Gasteiger partial charge < -0.3 is 19.9 Å². The van der Waals surface area contributed by atoms with Gasteiger partial charge in [0.25, 0.3) is 0 Å². The summed E-state index contributed by atoms with van der Waals surface area (Å²) in [6.45, 7) is 1.35. The Morgan fingerprint density at radius 2 is 2.00 bits per heavy atom. The Morgan fingerprint density at radius 1 is 1.35 bits per heavy atom. The van der Waals surface area contributed by atoms with Gasteiger partial charge in [-0.1, -0.05) is 0 Å². The van der Waals surface area contributed by atoms with Crippen LogP contribution in [0.25, 0.3) is 0 Å². The highest BCUT2D eigenvalue weighted by atomic mass is 19.1. The predicted molar refractivity (Wildman–Crippen MR) is 60.9 cm³/mol. The number of nitrogens with one attached hydrogen (secondary N) is 1. The van der Waals surface area contributed by atoms with E-state index in [9.17, 15) is 9.50 Å². The van der Waals surface area contributed by atoms with E-state index in [-0.39, 0.29) is 12.1 Å². The molecule has 4 nitrogen and oxygen atoms in total. The van der Waals surface area contributed by atoms with Gasteiger partial charge in [0.1, 0.15) is 5.82 Å². The molecular formula is C12H16FNO3. The van der Waals surface area contributed by atoms with Gasteiger partial charge in [-0.3, -0.25) is 0 Å². The van der Waals surface area contributed by atoms with E-state index in [1.165, 1.54) is 12.1 Å². The van der Waals surface area contributed by atoms with Crippen molar-refractivity contribution in [3.63, 3.8) is 0 Å². The summed E-state index contributed by atoms with van der Waals surface area (Å²) in [6.07, 6.45) is -0.123. The largest absolute Gasteiger partial charge is 0.490 e. The number of halogens is 1. The molecule has 0 spiro atoms. The number of likely N-dealkylation sites (N-methyl/N-ethyl adjacent to an activating group) is 1. The first-order valence-corrected chi connectivity index (χ1v) is 5.64. The lowest BCUT2D eigenvalue weighted by Crippen LogP contribution is -2.17. The van der Waals surface area contributed by atoms with E-state index >= 15 is 0 Å². The highest BCUT2D eigenvalue weighted by molar-refractivity contribution is 5.45. The second-order valence-electron chi connectivity index (χ2n) is 3.94. The summed E-state index contributed by atoms with van der Waals surface area (Å²) in [4.78, 5) is 0. The molecule has 1 unspecified atom stereocenters. The molecule has 94 valence electrons. The fraction of sp³-hybridized carbons (Fsp3) is 0.500. The fourth-order valence-corrected chi connectivity index (χ4v) is 1.76. The molecule has 0 fully saturated rings. The standard InChI is InChI=1S/C12H16FNO3/c1-14-7-10(15)8-5-11-12(6-9(8)13)17-4-2-3-16-11/h5-6,10,14-15H,2-4,7H2,1H3. The van der Waals surface area contributed by atoms with Gasteiger partial charge in [-0.2, -0.15) is 0 Å². The Kier molecular flexibility index (Phi) is 3.81. The number of aliphatic hydroxyl groups is 1. The minimum Gasteiger partial charge on any atom is -0.490 e. The van der Waals surface area contributed by atoms with Crippen LogP contribution in [0, 0.1) is 5.82 Å². The summed E-state index contributed by atoms with van der Waals surface area (Å²) in [7, 11) is 1.70. The summed E-state index contributed by atoms with van der Waals surface area (Å²) < 4.78 is 24.6. The van der Waals surface area contributed by atoms with E-state index < -0.39 is 11.9 Å². The maximum absolute atomic E-state index is 13.8. The summed E-state index contributed by atoms with van der Waals surface area (Å²) in [5.74, 6) is 0.423. The smallest absolute Gasteiger partial charge is 0.164 e. The highest BCUT2D eigenvalue weighted by Crippen LogP contribution is 2.34. The summed E-state index contributed by atoms with van der Waals surface area (Å²) in [5, 5.41) is 12.6. The Labute approximate surface area is 99.4 Å². The molecule has 2 N–H and O–H groups in total. The van der Waals surface area contributed by atoms with Gasteiger partial charge in [0.15, 0.2) is 11.5 Å². The zero-order valence-electron chi connectivity index (χ0n) is 9.70. The van der Waals surface area contributed by atoms with E-state index in [1.54, 1.807) is 7.05 Å². The van der Waals surface area contributed by atoms with Crippen LogP contribution < -0.4 is 14.8 Å². The third kappa shape index (κ3) is 2.68. The lowest BCUT2D eigenvalue weighted by molar-refractivity contribution is 0.172. The first-order chi connectivity index (χ1) is 8.22. The molecule has 1 heterocycles. The van der Waals surface area contributed by atoms with Gasteiger partial charge in [-0.15, -0.1) is 0 Å². The average Bonchev–Trinajstić information content (AvgIpc) is 2.52. The van der Waals surface area contributed by atoms with Gasteiger partial charge in [0.05, 0.1) is 19.3 Å². The quantitative estimate of drug-likeness (QED) is 0.836. The maximum atomic E-state index is 13.8. The lowest BCUT2D eigenvalue weighted by atomic mass is 10.1. The number of benzene rings is 1. The molecule has 1 aliphatic heterocycles. The van der Waals surface area contributed by atoms with Crippen molar-refractivity contribution in [2.75, 3.05) is 26.8 Å². The van der Waals surface area contributed by atoms with Crippen molar-refractivity contribution in [2.24, 2.45) is 0 Å². The molecule has 0 bridgehead atoms. The molecule has 1 aromatic rings. The van der Waals surface area contributed by atoms with Crippen LogP contribution in [0.5, 0.6) is 11.5 Å². The molecule has 0 amide bonds. The van der Waals surface area contributed by atoms with Crippen LogP contribution in [0.4, 0.5) is 4.39 Å². The molecule has 0 aliphatic carbocycles. The zero-order chi connectivity index (χ0) is 12.3. The van der Waals surface area contributed by atoms with Crippen molar-refractivity contribution in [1.29, 1.82) is 0 Å². The van der Waals surface area contributed by atoms with Crippen LogP contribution in [0.3, 0.4) is 0 Å². The number of aliphatic hydroxyl groups excluding tert-OH is 1. The second-order valence-corrected chi connectivity index (χ2v) is 3.94. The fourth-order valence-electron chi connectivity index (χ4n) is 1.76. The van der Waals surface area contributed by atoms with Gasteiger partial charge in [-0.25, -0.2) is 4.39 Å². The minimum atomic E-state index is -0.892. The van der Waals surface area contributed by atoms with Gasteiger partial charge in [0.2, 0.25) is 0 Å². The molecule has 0 saturated carbocycles. The topological polar surface area (TPSA) is 50.7 Å². The molecular weight excluding hydrogens is 225 g/mol. The van der Waals surface area contributed by atoms with Gasteiger partial charge >= 0.3 is 0 Å². The van der Waals surface area contributed by atoms with E-state index in [0.717, 1.165) is 6.42 Å². The van der Waals surface area contributed by atoms with Crippen molar-refractivity contribution in [3.05, 3.63) is 23.5 Å². The number of hydrogen-bond donors (Lipinski definition) is 2. The van der Waals surface area contributed by atoms with Crippen molar-refractivity contribution in [2.45, 2.75) is 12.5 Å². The SMILES string of the molecule is CNCC(O)c1cc2c(cc1F)OCCCO2. The van der Waals surface area contributed by atoms with Crippen molar-refractivity contribution in [1.82, 2.24) is 5.32 Å². The summed E-state index contributed by atoms with van der Waals surface area (Å²) in [6, 6.07) is 2.78. The van der Waals surface area contributed by atoms with Crippen LogP contribution in [0.1, 0.15) is 18.1 Å². The number of rotatable bonds is 3. The number of ether oxygens (including phenoxy) is 2. The molecule has 1 atom stereocenters. The average molecular weight is 241 g/mol. The number of hydrogen-bond acceptors (Lipinski definition) is 4. The Balaban J connectivity index is 2.31. The minimum absolute atomic E-state index is 0.226. The molecule has 0 saturated heterocycles. The number of fused-ring (bicyclic) bond motifs is 1. The Hall–Kier alpha value is -1.33. The van der Waals surface area contributed by atoms with Crippen molar-refractivity contribution >= 4 is 0 Å². The zero-order valence-corrected chi connectivity index (χ0v) is 9.70. The molecule has 5 heteroatoms. The Bertz CT molecular complexity index is 398. The van der Waals surface area contributed by atoms with Gasteiger partial charge in [0, 0.05) is 24.6 Å². The molecule has 17 heavy (non-hydrogen) atoms. The summed E-state index contributed by atoms with van der Waals surface area (Å²) >= 11 is 0. The third-order valence-electron chi connectivity index (χ3n) is 2.62. The Morgan fingerprint density at radius 3 is 2.65 bits per heavy atom. The van der Waals surface area contributed by atoms with Crippen molar-refractivity contribution in [3.8, 4) is 11.5 Å². The van der Waals surface area contributed by atoms with Crippen LogP contribution in [0.15, 0.2) is 12.1 Å². The summed E-state index contributed by atoms with van der Waals surface area (Å²) in [5.41, 5.74) is 0.226. The van der Waals surface area contributed by atoms with Gasteiger partial charge in [-0.05, 0) is 13.1 Å². The normalized spacial score (nSPS) is 16.4. The molecule has 1 aromatic carbocycles. The highest BCUT2D eigenvalue weighted by Gasteiger charge is 2.19. The maximum Gasteiger partial charge on any atom is 0.164 e. The van der Waals surface area contributed by atoms with Crippen LogP contribution in [-0.2, 0) is 0 Å².